The molecule has 0 spiro atoms. The van der Waals surface area contributed by atoms with Gasteiger partial charge in [0.25, 0.3) is 0 Å². The molecule has 0 saturated heterocycles. The second kappa shape index (κ2) is 59.8. The van der Waals surface area contributed by atoms with Crippen LogP contribution in [0.2, 0.25) is 0 Å². The summed E-state index contributed by atoms with van der Waals surface area (Å²) in [5.41, 5.74) is 0. The third-order valence-corrected chi connectivity index (χ3v) is 15.2. The molecule has 0 bridgehead atoms. The van der Waals surface area contributed by atoms with Gasteiger partial charge < -0.3 is 19.4 Å². The molecule has 0 aliphatic carbocycles. The zero-order chi connectivity index (χ0) is 59.3. The molecule has 2 N–H and O–H groups in total. The van der Waals surface area contributed by atoms with Gasteiger partial charge in [0.2, 0.25) is 5.91 Å². The van der Waals surface area contributed by atoms with Crippen LogP contribution in [0.25, 0.3) is 0 Å². The fraction of sp³-hybridized carbons (Fsp3) is 0.718. The van der Waals surface area contributed by atoms with E-state index in [4.69, 9.17) is 13.8 Å². The van der Waals surface area contributed by atoms with E-state index in [1.54, 1.807) is 0 Å². The monoisotopic (exact) mass is 1150 g/mol. The SMILES string of the molecule is CC/C=C\C/C=C\C/C=C\C/C=C\C/C=C\C/C=C\CCCCC(=O)NC(COP(=O)(O)OCC[N+](C)(C)C)C(/C=C/CCCCCCCCCCCCC)OC(=O)CCCCCCCCCCCCC/C=C\C/C=C\CCCCC. The summed E-state index contributed by atoms with van der Waals surface area (Å²) in [5.74, 6) is -0.559. The van der Waals surface area contributed by atoms with Crippen molar-refractivity contribution in [2.45, 2.75) is 290 Å². The highest BCUT2D eigenvalue weighted by molar-refractivity contribution is 7.47. The number of carbonyl (C=O) groups excluding carboxylic acids is 2. The normalized spacial score (nSPS) is 14.3. The van der Waals surface area contributed by atoms with Gasteiger partial charge in [0, 0.05) is 12.8 Å². The molecule has 1 amide bonds. The average molecular weight is 1150 g/mol. The van der Waals surface area contributed by atoms with Gasteiger partial charge in [-0.2, -0.15) is 0 Å². The van der Waals surface area contributed by atoms with Crippen LogP contribution in [-0.4, -0.2) is 74.3 Å². The Morgan fingerprint density at radius 3 is 1.22 bits per heavy atom. The number of likely N-dealkylation sites (N-methyl/N-ethyl adjacent to an activating group) is 1. The Morgan fingerprint density at radius 2 is 0.790 bits per heavy atom. The minimum atomic E-state index is -4.47. The molecule has 0 aromatic rings. The van der Waals surface area contributed by atoms with Gasteiger partial charge in [-0.25, -0.2) is 4.57 Å². The Bertz CT molecular complexity index is 1750. The molecule has 0 saturated carbocycles. The van der Waals surface area contributed by atoms with E-state index >= 15 is 0 Å². The number of carbonyl (C=O) groups is 2. The van der Waals surface area contributed by atoms with Crippen molar-refractivity contribution in [3.63, 3.8) is 0 Å². The number of esters is 1. The van der Waals surface area contributed by atoms with Gasteiger partial charge in [-0.05, 0) is 115 Å². The van der Waals surface area contributed by atoms with Gasteiger partial charge in [0.05, 0.1) is 33.8 Å². The van der Waals surface area contributed by atoms with E-state index in [1.165, 1.54) is 141 Å². The predicted octanol–water partition coefficient (Wildman–Crippen LogP) is 20.9. The summed E-state index contributed by atoms with van der Waals surface area (Å²) in [6.45, 7) is 6.85. The number of unbranched alkanes of at least 4 members (excludes halogenated alkanes) is 27. The van der Waals surface area contributed by atoms with Crippen molar-refractivity contribution < 1.29 is 37.3 Å². The molecule has 0 aliphatic heterocycles. The summed E-state index contributed by atoms with van der Waals surface area (Å²) in [6, 6.07) is -0.880. The van der Waals surface area contributed by atoms with Gasteiger partial charge >= 0.3 is 13.8 Å². The maximum absolute atomic E-state index is 13.6. The number of phosphoric ester groups is 1. The van der Waals surface area contributed by atoms with Gasteiger partial charge in [0.15, 0.2) is 0 Å². The highest BCUT2D eigenvalue weighted by Crippen LogP contribution is 2.43. The maximum atomic E-state index is 13.6. The lowest BCUT2D eigenvalue weighted by Gasteiger charge is -2.27. The minimum Gasteiger partial charge on any atom is -0.456 e. The lowest BCUT2D eigenvalue weighted by Crippen LogP contribution is -2.47. The standard InChI is InChI=1S/C71H125N2O7P/c1-7-10-13-16-19-22-25-28-30-32-34-36-38-40-42-45-48-51-54-57-60-63-70(74)72-68(67-79-81(76,77)78-66-65-73(4,5)6)69(62-59-56-53-50-47-44-27-24-21-18-15-12-9-3)80-71(75)64-61-58-55-52-49-46-43-41-39-37-35-33-31-29-26-23-20-17-14-11-8-2/h10,13,19-20,22-23,28-31,34,36,40,42,48,51,59,62,68-69H,7-9,11-12,14-18,21,24-27,32-33,35,37-39,41,43-47,49-50,52-58,60-61,63-67H2,1-6H3,(H-,72,74,76,77)/p+1/b13-10-,22-19-,23-20-,30-28-,31-29-,36-34-,42-40-,51-48-,62-59+. The second-order valence-electron chi connectivity index (χ2n) is 23.3. The van der Waals surface area contributed by atoms with Gasteiger partial charge in [-0.1, -0.05) is 259 Å². The topological polar surface area (TPSA) is 111 Å². The Morgan fingerprint density at radius 1 is 0.444 bits per heavy atom. The van der Waals surface area contributed by atoms with Gasteiger partial charge in [-0.3, -0.25) is 18.6 Å². The summed E-state index contributed by atoms with van der Waals surface area (Å²) in [7, 11) is 1.46. The zero-order valence-corrected chi connectivity index (χ0v) is 54.1. The van der Waals surface area contributed by atoms with Crippen LogP contribution < -0.4 is 5.32 Å². The summed E-state index contributed by atoms with van der Waals surface area (Å²) < 4.78 is 30.7. The Balaban J connectivity index is 5.30. The summed E-state index contributed by atoms with van der Waals surface area (Å²) in [5, 5.41) is 3.04. The van der Waals surface area contributed by atoms with Crippen molar-refractivity contribution in [3.8, 4) is 0 Å². The van der Waals surface area contributed by atoms with E-state index in [-0.39, 0.29) is 37.9 Å². The van der Waals surface area contributed by atoms with Crippen LogP contribution >= 0.6 is 7.82 Å². The van der Waals surface area contributed by atoms with Crippen LogP contribution in [-0.2, 0) is 27.9 Å². The van der Waals surface area contributed by atoms with Crippen molar-refractivity contribution in [1.29, 1.82) is 0 Å². The van der Waals surface area contributed by atoms with Crippen molar-refractivity contribution >= 4 is 19.7 Å². The van der Waals surface area contributed by atoms with E-state index in [0.29, 0.717) is 17.4 Å². The van der Waals surface area contributed by atoms with Crippen molar-refractivity contribution in [1.82, 2.24) is 5.32 Å². The van der Waals surface area contributed by atoms with Crippen LogP contribution in [0.4, 0.5) is 0 Å². The third kappa shape index (κ3) is 61.1. The van der Waals surface area contributed by atoms with Gasteiger partial charge in [0.1, 0.15) is 19.3 Å². The fourth-order valence-corrected chi connectivity index (χ4v) is 9.83. The maximum Gasteiger partial charge on any atom is 0.472 e. The molecule has 0 aromatic heterocycles. The molecule has 81 heavy (non-hydrogen) atoms. The van der Waals surface area contributed by atoms with E-state index < -0.39 is 20.0 Å². The Hall–Kier alpha value is -3.33. The second-order valence-corrected chi connectivity index (χ2v) is 24.7. The van der Waals surface area contributed by atoms with Crippen LogP contribution in [0.3, 0.4) is 0 Å². The Kier molecular flexibility index (Phi) is 57.4. The lowest BCUT2D eigenvalue weighted by molar-refractivity contribution is -0.870. The first-order valence-electron chi connectivity index (χ1n) is 33.2. The number of allylic oxidation sites excluding steroid dienone is 17. The number of nitrogens with one attached hydrogen (secondary N) is 1. The molecular formula is C71H126N2O7P+. The van der Waals surface area contributed by atoms with Crippen LogP contribution in [0.5, 0.6) is 0 Å². The quantitative estimate of drug-likeness (QED) is 0.0205. The van der Waals surface area contributed by atoms with Gasteiger partial charge in [-0.15, -0.1) is 0 Å². The number of phosphoric acid groups is 1. The number of hydrogen-bond acceptors (Lipinski definition) is 6. The largest absolute Gasteiger partial charge is 0.472 e. The molecule has 0 rings (SSSR count). The predicted molar refractivity (Wildman–Crippen MR) is 350 cm³/mol. The minimum absolute atomic E-state index is 0.0264. The molecule has 0 fully saturated rings. The van der Waals surface area contributed by atoms with Crippen molar-refractivity contribution in [3.05, 3.63) is 109 Å². The van der Waals surface area contributed by atoms with E-state index in [9.17, 15) is 19.0 Å². The smallest absolute Gasteiger partial charge is 0.456 e. The van der Waals surface area contributed by atoms with Crippen molar-refractivity contribution in [2.24, 2.45) is 0 Å². The summed E-state index contributed by atoms with van der Waals surface area (Å²) in [6.07, 6.45) is 82.3. The first kappa shape index (κ1) is 77.7. The van der Waals surface area contributed by atoms with Crippen molar-refractivity contribution in [2.75, 3.05) is 40.9 Å². The number of hydrogen-bond donors (Lipinski definition) is 2. The van der Waals surface area contributed by atoms with Crippen LogP contribution in [0.1, 0.15) is 278 Å². The summed E-state index contributed by atoms with van der Waals surface area (Å²) >= 11 is 0. The molecule has 0 aromatic carbocycles. The number of amides is 1. The number of rotatable bonds is 59. The molecule has 0 heterocycles. The molecular weight excluding hydrogens is 1020 g/mol. The van der Waals surface area contributed by atoms with Crippen LogP contribution in [0.15, 0.2) is 109 Å². The van der Waals surface area contributed by atoms with E-state index in [2.05, 4.69) is 123 Å². The average Bonchev–Trinajstić information content (AvgIpc) is 3.44. The number of quaternary nitrogens is 1. The third-order valence-electron chi connectivity index (χ3n) is 14.2. The van der Waals surface area contributed by atoms with E-state index in [1.807, 2.05) is 33.3 Å². The first-order chi connectivity index (χ1) is 39.4. The number of nitrogens with zero attached hydrogens (tertiary/aromatic N) is 1. The fourth-order valence-electron chi connectivity index (χ4n) is 9.09. The molecule has 466 valence electrons. The molecule has 3 atom stereocenters. The lowest BCUT2D eigenvalue weighted by atomic mass is 10.0. The number of ether oxygens (including phenoxy) is 1. The molecule has 3 unspecified atom stereocenters. The van der Waals surface area contributed by atoms with Crippen LogP contribution in [0, 0.1) is 0 Å². The highest BCUT2D eigenvalue weighted by Gasteiger charge is 2.30. The highest BCUT2D eigenvalue weighted by atomic mass is 31.2. The molecule has 10 heteroatoms. The first-order valence-corrected chi connectivity index (χ1v) is 34.7. The molecule has 0 radical (unpaired) electrons. The van der Waals surface area contributed by atoms with E-state index in [0.717, 1.165) is 96.3 Å². The molecule has 9 nitrogen and oxygen atoms in total. The zero-order valence-electron chi connectivity index (χ0n) is 53.2. The summed E-state index contributed by atoms with van der Waals surface area (Å²) in [4.78, 5) is 37.8. The molecule has 0 aliphatic rings. The Labute approximate surface area is 500 Å².